The molecule has 0 aromatic heterocycles. The highest BCUT2D eigenvalue weighted by molar-refractivity contribution is 5.44. The summed E-state index contributed by atoms with van der Waals surface area (Å²) in [6.07, 6.45) is 0. The van der Waals surface area contributed by atoms with E-state index < -0.39 is 0 Å². The molecule has 0 saturated heterocycles. The molecule has 0 aliphatic heterocycles. The SMILES string of the molecule is COc1cccc(C(C)NCc2cccc(O)c2O)c1. The molecular formula is C16H19NO3. The fourth-order valence-electron chi connectivity index (χ4n) is 2.01. The lowest BCUT2D eigenvalue weighted by Gasteiger charge is -2.16. The van der Waals surface area contributed by atoms with Crippen LogP contribution in [0, 0.1) is 0 Å². The number of hydrogen-bond donors (Lipinski definition) is 3. The number of hydrogen-bond acceptors (Lipinski definition) is 4. The third kappa shape index (κ3) is 3.22. The number of methoxy groups -OCH3 is 1. The molecule has 0 spiro atoms. The van der Waals surface area contributed by atoms with Crippen LogP contribution in [-0.2, 0) is 6.54 Å². The van der Waals surface area contributed by atoms with Crippen molar-refractivity contribution in [2.75, 3.05) is 7.11 Å². The second-order valence-electron chi connectivity index (χ2n) is 4.66. The van der Waals surface area contributed by atoms with Crippen molar-refractivity contribution in [2.45, 2.75) is 19.5 Å². The largest absolute Gasteiger partial charge is 0.504 e. The molecule has 20 heavy (non-hydrogen) atoms. The van der Waals surface area contributed by atoms with Gasteiger partial charge in [0.25, 0.3) is 0 Å². The van der Waals surface area contributed by atoms with Crippen LogP contribution in [0.3, 0.4) is 0 Å². The Morgan fingerprint density at radius 2 is 1.90 bits per heavy atom. The average Bonchev–Trinajstić information content (AvgIpc) is 2.48. The monoisotopic (exact) mass is 273 g/mol. The maximum absolute atomic E-state index is 9.75. The smallest absolute Gasteiger partial charge is 0.161 e. The van der Waals surface area contributed by atoms with E-state index in [0.717, 1.165) is 11.3 Å². The molecule has 3 N–H and O–H groups in total. The first-order valence-electron chi connectivity index (χ1n) is 6.49. The summed E-state index contributed by atoms with van der Waals surface area (Å²) in [5, 5.41) is 22.5. The second-order valence-corrected chi connectivity index (χ2v) is 4.66. The molecule has 2 aromatic carbocycles. The highest BCUT2D eigenvalue weighted by Gasteiger charge is 2.09. The van der Waals surface area contributed by atoms with Crippen LogP contribution < -0.4 is 10.1 Å². The van der Waals surface area contributed by atoms with Crippen LogP contribution in [0.5, 0.6) is 17.2 Å². The molecule has 4 heteroatoms. The third-order valence-corrected chi connectivity index (χ3v) is 3.29. The van der Waals surface area contributed by atoms with Crippen molar-refractivity contribution in [3.8, 4) is 17.2 Å². The molecule has 0 fully saturated rings. The molecule has 0 aliphatic carbocycles. The van der Waals surface area contributed by atoms with Gasteiger partial charge in [0, 0.05) is 18.2 Å². The standard InChI is InChI=1S/C16H19NO3/c1-11(12-5-3-7-14(9-12)20-2)17-10-13-6-4-8-15(18)16(13)19/h3-9,11,17-19H,10H2,1-2H3. The minimum absolute atomic E-state index is 0.0714. The van der Waals surface area contributed by atoms with Gasteiger partial charge in [-0.3, -0.25) is 0 Å². The fraction of sp³-hybridized carbons (Fsp3) is 0.250. The molecule has 0 aliphatic rings. The number of nitrogens with one attached hydrogen (secondary N) is 1. The summed E-state index contributed by atoms with van der Waals surface area (Å²) in [5.41, 5.74) is 1.77. The Morgan fingerprint density at radius 3 is 2.65 bits per heavy atom. The van der Waals surface area contributed by atoms with E-state index in [-0.39, 0.29) is 17.5 Å². The summed E-state index contributed by atoms with van der Waals surface area (Å²) in [6.45, 7) is 2.51. The number of para-hydroxylation sites is 1. The first kappa shape index (κ1) is 14.2. The maximum Gasteiger partial charge on any atom is 0.161 e. The minimum atomic E-state index is -0.0988. The predicted octanol–water partition coefficient (Wildman–Crippen LogP) is 2.96. The summed E-state index contributed by atoms with van der Waals surface area (Å²) >= 11 is 0. The molecule has 0 saturated carbocycles. The number of rotatable bonds is 5. The molecule has 2 rings (SSSR count). The van der Waals surface area contributed by atoms with Crippen LogP contribution in [0.15, 0.2) is 42.5 Å². The molecule has 4 nitrogen and oxygen atoms in total. The number of phenols is 2. The van der Waals surface area contributed by atoms with Gasteiger partial charge in [0.1, 0.15) is 5.75 Å². The van der Waals surface area contributed by atoms with Gasteiger partial charge in [-0.15, -0.1) is 0 Å². The number of aromatic hydroxyl groups is 2. The van der Waals surface area contributed by atoms with Crippen molar-refractivity contribution in [3.63, 3.8) is 0 Å². The van der Waals surface area contributed by atoms with Crippen molar-refractivity contribution in [1.82, 2.24) is 5.32 Å². The van der Waals surface area contributed by atoms with E-state index in [2.05, 4.69) is 5.32 Å². The van der Waals surface area contributed by atoms with E-state index >= 15 is 0 Å². The summed E-state index contributed by atoms with van der Waals surface area (Å²) in [5.74, 6) is 0.646. The number of phenolic OH excluding ortho intramolecular Hbond substituents is 2. The molecule has 0 amide bonds. The van der Waals surface area contributed by atoms with Crippen molar-refractivity contribution in [1.29, 1.82) is 0 Å². The van der Waals surface area contributed by atoms with E-state index in [1.165, 1.54) is 6.07 Å². The highest BCUT2D eigenvalue weighted by atomic mass is 16.5. The predicted molar refractivity (Wildman–Crippen MR) is 78.0 cm³/mol. The van der Waals surface area contributed by atoms with Crippen molar-refractivity contribution in [2.24, 2.45) is 0 Å². The molecule has 106 valence electrons. The normalized spacial score (nSPS) is 12.1. The molecule has 0 radical (unpaired) electrons. The summed E-state index contributed by atoms with van der Waals surface area (Å²) in [7, 11) is 1.64. The molecule has 0 bridgehead atoms. The lowest BCUT2D eigenvalue weighted by atomic mass is 10.1. The van der Waals surface area contributed by atoms with E-state index in [1.807, 2.05) is 31.2 Å². The summed E-state index contributed by atoms with van der Waals surface area (Å²) < 4.78 is 5.20. The van der Waals surface area contributed by atoms with Gasteiger partial charge in [0.2, 0.25) is 0 Å². The summed E-state index contributed by atoms with van der Waals surface area (Å²) in [4.78, 5) is 0. The van der Waals surface area contributed by atoms with E-state index in [0.29, 0.717) is 12.1 Å². The van der Waals surface area contributed by atoms with Crippen LogP contribution in [-0.4, -0.2) is 17.3 Å². The van der Waals surface area contributed by atoms with Crippen molar-refractivity contribution in [3.05, 3.63) is 53.6 Å². The van der Waals surface area contributed by atoms with Crippen molar-refractivity contribution < 1.29 is 14.9 Å². The van der Waals surface area contributed by atoms with Crippen LogP contribution in [0.2, 0.25) is 0 Å². The van der Waals surface area contributed by atoms with Gasteiger partial charge in [-0.25, -0.2) is 0 Å². The zero-order valence-corrected chi connectivity index (χ0v) is 11.6. The quantitative estimate of drug-likeness (QED) is 0.733. The third-order valence-electron chi connectivity index (χ3n) is 3.29. The van der Waals surface area contributed by atoms with Crippen LogP contribution in [0.1, 0.15) is 24.1 Å². The molecule has 1 unspecified atom stereocenters. The summed E-state index contributed by atoms with van der Waals surface area (Å²) in [6, 6.07) is 12.9. The Kier molecular flexibility index (Phi) is 4.48. The van der Waals surface area contributed by atoms with Gasteiger partial charge in [-0.2, -0.15) is 0 Å². The number of benzene rings is 2. The Hall–Kier alpha value is -2.20. The fourth-order valence-corrected chi connectivity index (χ4v) is 2.01. The topological polar surface area (TPSA) is 61.7 Å². The number of ether oxygens (including phenoxy) is 1. The first-order valence-corrected chi connectivity index (χ1v) is 6.49. The van der Waals surface area contributed by atoms with Crippen LogP contribution >= 0.6 is 0 Å². The lowest BCUT2D eigenvalue weighted by molar-refractivity contribution is 0.396. The van der Waals surface area contributed by atoms with Gasteiger partial charge < -0.3 is 20.3 Å². The molecule has 2 aromatic rings. The van der Waals surface area contributed by atoms with Gasteiger partial charge >= 0.3 is 0 Å². The van der Waals surface area contributed by atoms with Gasteiger partial charge in [0.05, 0.1) is 7.11 Å². The molecule has 1 atom stereocenters. The maximum atomic E-state index is 9.75. The van der Waals surface area contributed by atoms with Crippen molar-refractivity contribution >= 4 is 0 Å². The van der Waals surface area contributed by atoms with Crippen LogP contribution in [0.25, 0.3) is 0 Å². The van der Waals surface area contributed by atoms with Gasteiger partial charge in [0.15, 0.2) is 11.5 Å². The Labute approximate surface area is 118 Å². The average molecular weight is 273 g/mol. The second kappa shape index (κ2) is 6.30. The highest BCUT2D eigenvalue weighted by Crippen LogP contribution is 2.28. The zero-order valence-electron chi connectivity index (χ0n) is 11.6. The lowest BCUT2D eigenvalue weighted by Crippen LogP contribution is -2.18. The molecular weight excluding hydrogens is 254 g/mol. The molecule has 0 heterocycles. The Bertz CT molecular complexity index is 584. The van der Waals surface area contributed by atoms with E-state index in [4.69, 9.17) is 4.74 Å². The zero-order chi connectivity index (χ0) is 14.5. The van der Waals surface area contributed by atoms with Gasteiger partial charge in [-0.1, -0.05) is 24.3 Å². The van der Waals surface area contributed by atoms with Crippen LogP contribution in [0.4, 0.5) is 0 Å². The Morgan fingerprint density at radius 1 is 1.15 bits per heavy atom. The minimum Gasteiger partial charge on any atom is -0.504 e. The van der Waals surface area contributed by atoms with E-state index in [9.17, 15) is 10.2 Å². The van der Waals surface area contributed by atoms with Gasteiger partial charge in [-0.05, 0) is 30.7 Å². The first-order chi connectivity index (χ1) is 9.61. The Balaban J connectivity index is 2.04. The van der Waals surface area contributed by atoms with E-state index in [1.54, 1.807) is 19.2 Å².